The van der Waals surface area contributed by atoms with Crippen LogP contribution in [0.1, 0.15) is 0 Å². The van der Waals surface area contributed by atoms with Crippen molar-refractivity contribution in [3.05, 3.63) is 10.1 Å². The van der Waals surface area contributed by atoms with E-state index in [-0.39, 0.29) is 58.7 Å². The van der Waals surface area contributed by atoms with Crippen molar-refractivity contribution in [3.8, 4) is 0 Å². The normalized spacial score (nSPS) is 2.18. The zero-order valence-corrected chi connectivity index (χ0v) is 7.09. The molecule has 0 amide bonds. The van der Waals surface area contributed by atoms with Crippen LogP contribution in [0, 0.1) is 10.1 Å². The third-order valence-electron chi connectivity index (χ3n) is 0. The Morgan fingerprint density at radius 3 is 0.909 bits per heavy atom. The Labute approximate surface area is 79.6 Å². The van der Waals surface area contributed by atoms with Gasteiger partial charge in [0.05, 0.1) is 0 Å². The predicted octanol–water partition coefficient (Wildman–Crippen LogP) is -5.30. The quantitative estimate of drug-likeness (QED) is 0.307. The van der Waals surface area contributed by atoms with Crippen molar-refractivity contribution < 1.29 is 69.0 Å². The summed E-state index contributed by atoms with van der Waals surface area (Å²) in [4.78, 5) is 8.36. The van der Waals surface area contributed by atoms with Crippen LogP contribution >= 0.6 is 0 Å². The molecule has 1 radical (unpaired) electrons. The van der Waals surface area contributed by atoms with Gasteiger partial charge in [-0.25, -0.2) is 0 Å². The maximum absolute atomic E-state index is 8.36. The Morgan fingerprint density at radius 1 is 0.909 bits per heavy atom. The average molecular weight is 216 g/mol. The molecule has 0 aromatic carbocycles. The summed E-state index contributed by atoms with van der Waals surface area (Å²) in [6.45, 7) is 0. The van der Waals surface area contributed by atoms with Crippen LogP contribution in [0.25, 0.3) is 0 Å². The standard InChI is InChI=1S/HNO3.6H2O.Sc/c2-1(3)4;;;;;;;/h(H,2,3,4);6*1H2;. The Kier molecular flexibility index (Phi) is 1140. The van der Waals surface area contributed by atoms with Gasteiger partial charge in [-0.3, -0.25) is 0 Å². The van der Waals surface area contributed by atoms with E-state index in [1.54, 1.807) is 0 Å². The van der Waals surface area contributed by atoms with Crippen LogP contribution < -0.4 is 0 Å². The van der Waals surface area contributed by atoms with E-state index in [1.165, 1.54) is 0 Å². The second-order valence-corrected chi connectivity index (χ2v) is 0.238. The molecular formula is H13NO9Sc. The Hall–Kier alpha value is -0.170. The first-order valence-corrected chi connectivity index (χ1v) is 0.565. The van der Waals surface area contributed by atoms with E-state index in [0.29, 0.717) is 0 Å². The molecule has 0 saturated carbocycles. The molecule has 0 aliphatic carbocycles. The van der Waals surface area contributed by atoms with E-state index in [1.807, 2.05) is 0 Å². The van der Waals surface area contributed by atoms with Gasteiger partial charge in [0, 0.05) is 25.8 Å². The number of hydrogen-bond donors (Lipinski definition) is 1. The van der Waals surface area contributed by atoms with Crippen LogP contribution in [-0.4, -0.2) is 43.2 Å². The smallest absolute Gasteiger partial charge is 0.291 e. The Bertz CT molecular complexity index is 32.5. The van der Waals surface area contributed by atoms with Gasteiger partial charge in [-0.1, -0.05) is 0 Å². The summed E-state index contributed by atoms with van der Waals surface area (Å²) in [6, 6.07) is 0. The molecule has 13 N–H and O–H groups in total. The van der Waals surface area contributed by atoms with Crippen molar-refractivity contribution in [3.63, 3.8) is 0 Å². The van der Waals surface area contributed by atoms with Crippen LogP contribution in [-0.2, 0) is 25.8 Å². The largest absolute Gasteiger partial charge is 0.412 e. The SMILES string of the molecule is O.O.O.O.O.O.O=[N+]([O-])O.[Sc]. The van der Waals surface area contributed by atoms with Gasteiger partial charge in [0.15, 0.2) is 0 Å². The molecule has 11 heteroatoms. The van der Waals surface area contributed by atoms with Gasteiger partial charge in [0.1, 0.15) is 0 Å². The maximum Gasteiger partial charge on any atom is 0.291 e. The average Bonchev–Trinajstić information content (AvgIpc) is 0.811. The fourth-order valence-corrected chi connectivity index (χ4v) is 0. The first kappa shape index (κ1) is 131. The molecule has 0 aliphatic heterocycles. The van der Waals surface area contributed by atoms with Gasteiger partial charge in [-0.15, -0.1) is 10.1 Å². The third kappa shape index (κ3) is 20900. The minimum atomic E-state index is -1.50. The third-order valence-corrected chi connectivity index (χ3v) is 0. The monoisotopic (exact) mass is 216 g/mol. The zero-order valence-electron chi connectivity index (χ0n) is 5.29. The van der Waals surface area contributed by atoms with Gasteiger partial charge in [-0.2, -0.15) is 0 Å². The number of hydrogen-bond acceptors (Lipinski definition) is 2. The van der Waals surface area contributed by atoms with E-state index in [9.17, 15) is 0 Å². The first-order valence-electron chi connectivity index (χ1n) is 0.565. The van der Waals surface area contributed by atoms with E-state index in [2.05, 4.69) is 0 Å². The van der Waals surface area contributed by atoms with Crippen molar-refractivity contribution in [2.75, 3.05) is 0 Å². The number of nitrogens with zero attached hydrogens (tertiary/aromatic N) is 1. The van der Waals surface area contributed by atoms with Crippen LogP contribution in [0.4, 0.5) is 0 Å². The molecular weight excluding hydrogens is 203 g/mol. The molecule has 0 unspecified atom stereocenters. The maximum atomic E-state index is 8.36. The molecule has 10 nitrogen and oxygen atoms in total. The predicted molar refractivity (Wildman–Crippen MR) is 30.5 cm³/mol. The van der Waals surface area contributed by atoms with E-state index in [0.717, 1.165) is 0 Å². The second kappa shape index (κ2) is 95.7. The topological polar surface area (TPSA) is 252 Å². The van der Waals surface area contributed by atoms with Crippen LogP contribution in [0.15, 0.2) is 0 Å². The van der Waals surface area contributed by atoms with E-state index >= 15 is 0 Å². The van der Waals surface area contributed by atoms with Gasteiger partial charge in [-0.05, 0) is 0 Å². The fraction of sp³-hybridized carbons (Fsp3) is 0. The summed E-state index contributed by atoms with van der Waals surface area (Å²) in [5.74, 6) is 0. The zero-order chi connectivity index (χ0) is 3.58. The molecule has 0 aromatic rings. The molecule has 0 aromatic heterocycles. The molecule has 0 aliphatic rings. The van der Waals surface area contributed by atoms with Crippen LogP contribution in [0.2, 0.25) is 0 Å². The summed E-state index contributed by atoms with van der Waals surface area (Å²) in [6.07, 6.45) is 0. The minimum absolute atomic E-state index is 0. The van der Waals surface area contributed by atoms with Crippen molar-refractivity contribution in [2.45, 2.75) is 0 Å². The molecule has 0 saturated heterocycles. The van der Waals surface area contributed by atoms with Crippen LogP contribution in [0.5, 0.6) is 0 Å². The molecule has 0 bridgehead atoms. The van der Waals surface area contributed by atoms with Crippen molar-refractivity contribution in [1.82, 2.24) is 0 Å². The Morgan fingerprint density at radius 2 is 0.909 bits per heavy atom. The molecule has 0 spiro atoms. The first-order chi connectivity index (χ1) is 1.73. The molecule has 0 heterocycles. The van der Waals surface area contributed by atoms with Gasteiger partial charge in [0.2, 0.25) is 0 Å². The van der Waals surface area contributed by atoms with Crippen molar-refractivity contribution in [1.29, 1.82) is 0 Å². The molecule has 11 heavy (non-hydrogen) atoms. The number of rotatable bonds is 0. The van der Waals surface area contributed by atoms with Gasteiger partial charge < -0.3 is 38.1 Å². The summed E-state index contributed by atoms with van der Waals surface area (Å²) in [5, 5.41) is 13.6. The van der Waals surface area contributed by atoms with E-state index < -0.39 is 5.09 Å². The van der Waals surface area contributed by atoms with Gasteiger partial charge in [0.25, 0.3) is 5.09 Å². The summed E-state index contributed by atoms with van der Waals surface area (Å²) >= 11 is 0. The molecule has 0 rings (SSSR count). The van der Waals surface area contributed by atoms with Crippen LogP contribution in [0.3, 0.4) is 0 Å². The summed E-state index contributed by atoms with van der Waals surface area (Å²) < 4.78 is 0. The fourth-order valence-electron chi connectivity index (χ4n) is 0. The summed E-state index contributed by atoms with van der Waals surface area (Å²) in [7, 11) is 0. The molecule has 75 valence electrons. The Balaban J connectivity index is -0.00000000214. The van der Waals surface area contributed by atoms with Gasteiger partial charge >= 0.3 is 0 Å². The molecule has 0 fully saturated rings. The minimum Gasteiger partial charge on any atom is -0.412 e. The van der Waals surface area contributed by atoms with Crippen molar-refractivity contribution in [2.24, 2.45) is 0 Å². The summed E-state index contributed by atoms with van der Waals surface area (Å²) in [5.41, 5.74) is 0. The molecule has 0 atom stereocenters. The van der Waals surface area contributed by atoms with E-state index in [4.69, 9.17) is 15.3 Å². The van der Waals surface area contributed by atoms with Crippen molar-refractivity contribution >= 4 is 0 Å². The second-order valence-electron chi connectivity index (χ2n) is 0.238.